The number of carbonyl (C=O) groups excluding carboxylic acids is 12. The summed E-state index contributed by atoms with van der Waals surface area (Å²) >= 11 is 0. The molecule has 1 unspecified atom stereocenters. The molecule has 2 saturated heterocycles. The highest BCUT2D eigenvalue weighted by Crippen LogP contribution is 2.23. The summed E-state index contributed by atoms with van der Waals surface area (Å²) in [5.41, 5.74) is 1.23. The third-order valence-electron chi connectivity index (χ3n) is 19.3. The minimum atomic E-state index is -1.71. The Morgan fingerprint density at radius 2 is 0.934 bits per heavy atom. The van der Waals surface area contributed by atoms with Crippen molar-refractivity contribution in [2.75, 3.05) is 87.8 Å². The molecule has 2 aliphatic rings. The summed E-state index contributed by atoms with van der Waals surface area (Å²) in [5, 5.41) is 35.7. The zero-order valence-corrected chi connectivity index (χ0v) is 66.3. The van der Waals surface area contributed by atoms with Gasteiger partial charge in [0.15, 0.2) is 0 Å². The van der Waals surface area contributed by atoms with Crippen LogP contribution in [0.2, 0.25) is 0 Å². The van der Waals surface area contributed by atoms with Gasteiger partial charge in [0, 0.05) is 74.3 Å². The number of nitrogens with zero attached hydrogens (tertiary/aromatic N) is 7. The van der Waals surface area contributed by atoms with Crippen LogP contribution in [-0.4, -0.2) is 276 Å². The fourth-order valence-electron chi connectivity index (χ4n) is 13.0. The average molecular weight is 1490 g/mol. The zero-order valence-electron chi connectivity index (χ0n) is 66.3. The van der Waals surface area contributed by atoms with Crippen LogP contribution < -0.4 is 26.6 Å². The van der Waals surface area contributed by atoms with Crippen LogP contribution in [0.5, 0.6) is 0 Å². The largest absolute Gasteiger partial charge is 0.391 e. The Hall–Kier alpha value is -8.08. The van der Waals surface area contributed by atoms with Crippen LogP contribution in [0.3, 0.4) is 0 Å². The number of benzene rings is 2. The number of likely N-dealkylation sites (N-methyl/N-ethyl adjacent to an activating group) is 5. The summed E-state index contributed by atoms with van der Waals surface area (Å²) in [6.45, 7) is 21.7. The van der Waals surface area contributed by atoms with Gasteiger partial charge in [-0.05, 0) is 106 Å². The molecule has 28 nitrogen and oxygen atoms in total. The number of hydrogen-bond acceptors (Lipinski definition) is 16. The Morgan fingerprint density at radius 3 is 1.41 bits per heavy atom. The van der Waals surface area contributed by atoms with Gasteiger partial charge >= 0.3 is 0 Å². The van der Waals surface area contributed by atoms with Crippen LogP contribution in [0.15, 0.2) is 60.7 Å². The quantitative estimate of drug-likeness (QED) is 0.0741. The highest BCUT2D eigenvalue weighted by molar-refractivity contribution is 6.00. The van der Waals surface area contributed by atoms with Gasteiger partial charge in [0.1, 0.15) is 60.4 Å². The first kappa shape index (κ1) is 90.3. The minimum Gasteiger partial charge on any atom is -0.391 e. The fraction of sp³-hybridized carbons (Fsp3) is 0.692. The van der Waals surface area contributed by atoms with Crippen molar-refractivity contribution in [3.63, 3.8) is 0 Å². The van der Waals surface area contributed by atoms with Crippen LogP contribution in [0.4, 0.5) is 0 Å². The van der Waals surface area contributed by atoms with E-state index >= 15 is 33.6 Å². The number of likely N-dealkylation sites (tertiary alicyclic amines) is 1. The Labute approximate surface area is 628 Å². The first-order valence-electron chi connectivity index (χ1n) is 37.9. The van der Waals surface area contributed by atoms with Gasteiger partial charge < -0.3 is 80.6 Å². The molecule has 0 radical (unpaired) electrons. The van der Waals surface area contributed by atoms with Crippen molar-refractivity contribution < 1.29 is 77.2 Å². The van der Waals surface area contributed by atoms with Crippen molar-refractivity contribution in [3.05, 3.63) is 71.8 Å². The molecular weight excluding hydrogens is 1360 g/mol. The van der Waals surface area contributed by atoms with Crippen LogP contribution >= 0.6 is 0 Å². The molecule has 0 bridgehead atoms. The SMILES string of the molecule is CCCN1CC(=O)N(C)[C@@H](CC(C)C)C(=O)N[C@@H](COCCC(C)C)C(=O)N(C)[C@@H](Cc2ccccc2)C(=O)N(C)[C@@H](CC(C)C)C(=O)N[C@H](C(=O)N2CCCCC2)CC(=O)N[C@H](C(C)C)C(=O)N(C)C(Cc2ccccc2)C(=O)N[C@@H](COC[C@H](C)O)C(=O)N(C)[C@@H](CC(C)C)C(=O)N[C@@H]([C@@H](C)O)C1=O. The smallest absolute Gasteiger partial charge is 0.248 e. The highest BCUT2D eigenvalue weighted by Gasteiger charge is 2.44. The van der Waals surface area contributed by atoms with E-state index in [2.05, 4.69) is 26.6 Å². The van der Waals surface area contributed by atoms with E-state index in [1.807, 2.05) is 41.5 Å². The van der Waals surface area contributed by atoms with Gasteiger partial charge in [0.05, 0.1) is 45.0 Å². The third kappa shape index (κ3) is 27.9. The maximum Gasteiger partial charge on any atom is 0.248 e. The molecule has 0 aromatic heterocycles. The Bertz CT molecular complexity index is 3180. The monoisotopic (exact) mass is 1490 g/mol. The lowest BCUT2D eigenvalue weighted by molar-refractivity contribution is -0.151. The number of hydrogen-bond donors (Lipinski definition) is 7. The number of nitrogens with one attached hydrogen (secondary N) is 5. The maximum atomic E-state index is 15.7. The van der Waals surface area contributed by atoms with E-state index in [1.165, 1.54) is 63.8 Å². The molecule has 7 N–H and O–H groups in total. The lowest BCUT2D eigenvalue weighted by atomic mass is 9.97. The molecule has 2 aliphatic heterocycles. The lowest BCUT2D eigenvalue weighted by Crippen LogP contribution is -2.62. The molecule has 594 valence electrons. The molecule has 2 aromatic carbocycles. The molecule has 2 fully saturated rings. The zero-order chi connectivity index (χ0) is 79.4. The number of rotatable bonds is 24. The predicted molar refractivity (Wildman–Crippen MR) is 402 cm³/mol. The first-order chi connectivity index (χ1) is 49.9. The second-order valence-corrected chi connectivity index (χ2v) is 30.8. The van der Waals surface area contributed by atoms with Gasteiger partial charge in [-0.1, -0.05) is 137 Å². The summed E-state index contributed by atoms with van der Waals surface area (Å²) < 4.78 is 12.0. The van der Waals surface area contributed by atoms with Crippen molar-refractivity contribution in [1.29, 1.82) is 0 Å². The minimum absolute atomic E-state index is 0.0177. The number of ether oxygens (including phenoxy) is 2. The molecule has 2 aromatic rings. The fourth-order valence-corrected chi connectivity index (χ4v) is 13.0. The van der Waals surface area contributed by atoms with Crippen LogP contribution in [0.1, 0.15) is 159 Å². The maximum absolute atomic E-state index is 15.7. The van der Waals surface area contributed by atoms with Crippen molar-refractivity contribution in [3.8, 4) is 0 Å². The predicted octanol–water partition coefficient (Wildman–Crippen LogP) is 3.32. The van der Waals surface area contributed by atoms with Crippen LogP contribution in [0, 0.1) is 29.6 Å². The Morgan fingerprint density at radius 1 is 0.491 bits per heavy atom. The number of aliphatic hydroxyl groups is 2. The molecule has 12 atom stereocenters. The summed E-state index contributed by atoms with van der Waals surface area (Å²) in [6, 6.07) is 3.18. The highest BCUT2D eigenvalue weighted by atomic mass is 16.5. The number of piperidine rings is 1. The Balaban J connectivity index is 2.03. The number of aliphatic hydroxyl groups excluding tert-OH is 2. The standard InChI is InChI=1S/C78H126N12O16/c1-19-34-90-44-66(94)84(14)60(38-49(4)5)69(95)80-58(46-105-37-33-48(2)3)74(100)88(18)64(42-56-31-25-21-26-32-56)76(102)86(16)61(39-50(6)7)70(96)79-57(75(101)89-35-27-22-28-36-89)43-65(93)82-67(52(10)11)77(103)87(17)63(41-55-29-23-20-24-30-55)71(97)81-59(47-106-45-53(12)91)73(99)85(15)62(40-51(8)9)72(98)83-68(54(13)92)78(90)104/h20-21,23-26,29-32,48-54,57-64,67-68,91-92H,19,22,27-28,33-47H2,1-18H3,(H,79,96)(H,80,95)(H,81,97)(H,82,93)(H,83,98)/t53-,54+,57-,58-,59-,60-,61-,62-,63?,64-,67+,68-/m0/s1. The molecule has 28 heteroatoms. The van der Waals surface area contributed by atoms with E-state index in [4.69, 9.17) is 9.47 Å². The molecule has 0 spiro atoms. The molecule has 2 heterocycles. The molecule has 0 aliphatic carbocycles. The molecule has 4 rings (SSSR count). The van der Waals surface area contributed by atoms with E-state index in [9.17, 15) is 34.2 Å². The second-order valence-electron chi connectivity index (χ2n) is 30.8. The van der Waals surface area contributed by atoms with E-state index in [-0.39, 0.29) is 82.1 Å². The summed E-state index contributed by atoms with van der Waals surface area (Å²) in [7, 11) is 6.92. The van der Waals surface area contributed by atoms with E-state index in [1.54, 1.807) is 100 Å². The van der Waals surface area contributed by atoms with Gasteiger partial charge in [-0.15, -0.1) is 0 Å². The number of amides is 12. The lowest BCUT2D eigenvalue weighted by Gasteiger charge is -2.37. The second kappa shape index (κ2) is 44.3. The molecule has 0 saturated carbocycles. The topological polar surface area (TPSA) is 347 Å². The normalized spacial score (nSPS) is 24.6. The molecule has 12 amide bonds. The van der Waals surface area contributed by atoms with Crippen molar-refractivity contribution >= 4 is 70.9 Å². The van der Waals surface area contributed by atoms with Crippen molar-refractivity contribution in [2.24, 2.45) is 29.6 Å². The van der Waals surface area contributed by atoms with Gasteiger partial charge in [-0.2, -0.15) is 0 Å². The van der Waals surface area contributed by atoms with E-state index in [0.29, 0.717) is 49.9 Å². The van der Waals surface area contributed by atoms with Gasteiger partial charge in [-0.3, -0.25) is 57.5 Å². The summed E-state index contributed by atoms with van der Waals surface area (Å²) in [5.74, 6) is -10.6. The van der Waals surface area contributed by atoms with Crippen LogP contribution in [-0.2, 0) is 79.8 Å². The summed E-state index contributed by atoms with van der Waals surface area (Å²) in [6.07, 6.45) is -0.369. The van der Waals surface area contributed by atoms with Crippen LogP contribution in [0.25, 0.3) is 0 Å². The van der Waals surface area contributed by atoms with E-state index in [0.717, 1.165) is 21.1 Å². The van der Waals surface area contributed by atoms with Gasteiger partial charge in [-0.25, -0.2) is 0 Å². The van der Waals surface area contributed by atoms with Gasteiger partial charge in [0.25, 0.3) is 0 Å². The van der Waals surface area contributed by atoms with Crippen molar-refractivity contribution in [2.45, 2.75) is 233 Å². The van der Waals surface area contributed by atoms with Crippen molar-refractivity contribution in [1.82, 2.24) is 60.9 Å². The number of carbonyl (C=O) groups is 12. The Kier molecular flexibility index (Phi) is 37.7. The third-order valence-corrected chi connectivity index (χ3v) is 19.3. The molecular formula is C78H126N12O16. The molecule has 106 heavy (non-hydrogen) atoms. The van der Waals surface area contributed by atoms with Gasteiger partial charge in [0.2, 0.25) is 70.9 Å². The first-order valence-corrected chi connectivity index (χ1v) is 37.9. The summed E-state index contributed by atoms with van der Waals surface area (Å²) in [4.78, 5) is 190. The van der Waals surface area contributed by atoms with E-state index < -0.39 is 169 Å². The average Bonchev–Trinajstić information content (AvgIpc) is 0.820.